The van der Waals surface area contributed by atoms with E-state index in [4.69, 9.17) is 0 Å². The summed E-state index contributed by atoms with van der Waals surface area (Å²) in [6.07, 6.45) is 9.34. The van der Waals surface area contributed by atoms with Gasteiger partial charge in [-0.3, -0.25) is 4.79 Å². The fraction of sp³-hybridized carbons (Fsp3) is 0.278. The van der Waals surface area contributed by atoms with Gasteiger partial charge in [0.05, 0.1) is 25.0 Å². The molecule has 1 atom stereocenters. The van der Waals surface area contributed by atoms with Crippen molar-refractivity contribution in [3.63, 3.8) is 0 Å². The Balaban J connectivity index is 1.50. The Kier molecular flexibility index (Phi) is 3.86. The Morgan fingerprint density at radius 3 is 2.50 bits per heavy atom. The topological polar surface area (TPSA) is 56.0 Å². The van der Waals surface area contributed by atoms with E-state index < -0.39 is 0 Å². The van der Waals surface area contributed by atoms with Crippen molar-refractivity contribution in [3.8, 4) is 5.69 Å². The van der Waals surface area contributed by atoms with E-state index in [2.05, 4.69) is 10.2 Å². The lowest BCUT2D eigenvalue weighted by molar-refractivity contribution is 0.0718. The molecule has 1 aliphatic rings. The first kappa shape index (κ1) is 14.7. The Morgan fingerprint density at radius 2 is 1.79 bits per heavy atom. The van der Waals surface area contributed by atoms with E-state index in [1.807, 2.05) is 58.3 Å². The number of carbonyl (C=O) groups is 1. The summed E-state index contributed by atoms with van der Waals surface area (Å²) >= 11 is 0. The predicted molar refractivity (Wildman–Crippen MR) is 89.8 cm³/mol. The molecule has 24 heavy (non-hydrogen) atoms. The average Bonchev–Trinajstić information content (AvgIpc) is 3.37. The highest BCUT2D eigenvalue weighted by Crippen LogP contribution is 2.22. The van der Waals surface area contributed by atoms with Gasteiger partial charge in [-0.25, -0.2) is 0 Å². The van der Waals surface area contributed by atoms with E-state index in [9.17, 15) is 4.79 Å². The summed E-state index contributed by atoms with van der Waals surface area (Å²) in [4.78, 5) is 16.5. The molecule has 122 valence electrons. The lowest BCUT2D eigenvalue weighted by Gasteiger charge is -2.24. The number of benzene rings is 1. The fourth-order valence-electron chi connectivity index (χ4n) is 3.27. The molecule has 0 radical (unpaired) electrons. The molecule has 1 amide bonds. The third kappa shape index (κ3) is 2.82. The summed E-state index contributed by atoms with van der Waals surface area (Å²) in [5, 5.41) is 8.30. The molecule has 3 heterocycles. The Labute approximate surface area is 140 Å². The maximum atomic E-state index is 12.9. The molecular weight excluding hydrogens is 302 g/mol. The number of hydrogen-bond acceptors (Lipinski definition) is 3. The molecule has 6 heteroatoms. The van der Waals surface area contributed by atoms with Crippen LogP contribution >= 0.6 is 0 Å². The molecule has 1 saturated heterocycles. The van der Waals surface area contributed by atoms with Crippen LogP contribution in [0.1, 0.15) is 23.2 Å². The zero-order valence-corrected chi connectivity index (χ0v) is 13.3. The van der Waals surface area contributed by atoms with Crippen molar-refractivity contribution in [2.75, 3.05) is 6.54 Å². The van der Waals surface area contributed by atoms with Crippen LogP contribution in [-0.2, 0) is 6.54 Å². The Bertz CT molecular complexity index is 793. The van der Waals surface area contributed by atoms with Gasteiger partial charge in [-0.15, -0.1) is 0 Å². The first-order chi connectivity index (χ1) is 11.8. The normalized spacial score (nSPS) is 17.3. The van der Waals surface area contributed by atoms with Gasteiger partial charge < -0.3 is 9.47 Å². The first-order valence-electron chi connectivity index (χ1n) is 8.20. The highest BCUT2D eigenvalue weighted by atomic mass is 16.2. The maximum Gasteiger partial charge on any atom is 0.254 e. The summed E-state index contributed by atoms with van der Waals surface area (Å²) in [6, 6.07) is 11.9. The number of amides is 1. The lowest BCUT2D eigenvalue weighted by Crippen LogP contribution is -2.38. The fourth-order valence-corrected chi connectivity index (χ4v) is 3.27. The minimum absolute atomic E-state index is 0.0868. The van der Waals surface area contributed by atoms with Gasteiger partial charge >= 0.3 is 0 Å². The van der Waals surface area contributed by atoms with Crippen LogP contribution in [0.4, 0.5) is 0 Å². The number of hydrogen-bond donors (Lipinski definition) is 0. The number of aromatic nitrogens is 4. The monoisotopic (exact) mass is 321 g/mol. The van der Waals surface area contributed by atoms with Crippen LogP contribution in [0.15, 0.2) is 61.2 Å². The van der Waals surface area contributed by atoms with Gasteiger partial charge in [-0.2, -0.15) is 15.0 Å². The van der Waals surface area contributed by atoms with Crippen LogP contribution in [0.2, 0.25) is 0 Å². The van der Waals surface area contributed by atoms with Crippen molar-refractivity contribution in [3.05, 3.63) is 66.7 Å². The van der Waals surface area contributed by atoms with Crippen molar-refractivity contribution < 1.29 is 4.79 Å². The quantitative estimate of drug-likeness (QED) is 0.741. The number of likely N-dealkylation sites (tertiary alicyclic amines) is 1. The highest BCUT2D eigenvalue weighted by Gasteiger charge is 2.30. The van der Waals surface area contributed by atoms with Gasteiger partial charge in [-0.1, -0.05) is 0 Å². The van der Waals surface area contributed by atoms with E-state index in [1.54, 1.807) is 17.2 Å². The van der Waals surface area contributed by atoms with Crippen molar-refractivity contribution in [1.29, 1.82) is 0 Å². The third-order valence-electron chi connectivity index (χ3n) is 4.50. The molecule has 0 saturated carbocycles. The van der Waals surface area contributed by atoms with Crippen molar-refractivity contribution >= 4 is 5.91 Å². The van der Waals surface area contributed by atoms with Crippen LogP contribution in [0, 0.1) is 0 Å². The number of nitrogens with zero attached hydrogens (tertiary/aromatic N) is 5. The predicted octanol–water partition coefficient (Wildman–Crippen LogP) is 2.37. The number of rotatable bonds is 4. The van der Waals surface area contributed by atoms with Crippen molar-refractivity contribution in [2.45, 2.75) is 25.4 Å². The Hall–Kier alpha value is -2.89. The molecule has 1 aromatic carbocycles. The molecule has 0 spiro atoms. The smallest absolute Gasteiger partial charge is 0.254 e. The summed E-state index contributed by atoms with van der Waals surface area (Å²) in [5.41, 5.74) is 1.78. The second-order valence-corrected chi connectivity index (χ2v) is 6.02. The van der Waals surface area contributed by atoms with Gasteiger partial charge in [0.25, 0.3) is 5.91 Å². The second kappa shape index (κ2) is 6.31. The summed E-state index contributed by atoms with van der Waals surface area (Å²) < 4.78 is 2.02. The SMILES string of the molecule is O=C(c1ccc(-n2cccc2)cc1)N1CCCC1Cn1nccn1. The zero-order chi connectivity index (χ0) is 16.4. The summed E-state index contributed by atoms with van der Waals surface area (Å²) in [6.45, 7) is 1.45. The van der Waals surface area contributed by atoms with Crippen molar-refractivity contribution in [1.82, 2.24) is 24.5 Å². The van der Waals surface area contributed by atoms with Gasteiger partial charge in [0.15, 0.2) is 0 Å². The van der Waals surface area contributed by atoms with Gasteiger partial charge in [0.2, 0.25) is 0 Å². The molecule has 0 bridgehead atoms. The van der Waals surface area contributed by atoms with E-state index in [0.717, 1.165) is 30.6 Å². The molecule has 1 aliphatic heterocycles. The summed E-state index contributed by atoms with van der Waals surface area (Å²) in [7, 11) is 0. The first-order valence-corrected chi connectivity index (χ1v) is 8.20. The molecule has 3 aromatic rings. The second-order valence-electron chi connectivity index (χ2n) is 6.02. The maximum absolute atomic E-state index is 12.9. The molecular formula is C18H19N5O. The van der Waals surface area contributed by atoms with Gasteiger partial charge in [0.1, 0.15) is 0 Å². The molecule has 4 rings (SSSR count). The van der Waals surface area contributed by atoms with Gasteiger partial charge in [-0.05, 0) is 49.2 Å². The highest BCUT2D eigenvalue weighted by molar-refractivity contribution is 5.94. The van der Waals surface area contributed by atoms with E-state index in [1.165, 1.54) is 0 Å². The number of carbonyl (C=O) groups excluding carboxylic acids is 1. The average molecular weight is 321 g/mol. The van der Waals surface area contributed by atoms with Crippen LogP contribution < -0.4 is 0 Å². The molecule has 0 aliphatic carbocycles. The zero-order valence-electron chi connectivity index (χ0n) is 13.3. The van der Waals surface area contributed by atoms with Crippen LogP contribution in [0.3, 0.4) is 0 Å². The van der Waals surface area contributed by atoms with Crippen LogP contribution in [0.5, 0.6) is 0 Å². The van der Waals surface area contributed by atoms with Gasteiger partial charge in [0, 0.05) is 30.2 Å². The molecule has 0 N–H and O–H groups in total. The largest absolute Gasteiger partial charge is 0.334 e. The summed E-state index contributed by atoms with van der Waals surface area (Å²) in [5.74, 6) is 0.0868. The van der Waals surface area contributed by atoms with Crippen molar-refractivity contribution in [2.24, 2.45) is 0 Å². The van der Waals surface area contributed by atoms with E-state index in [-0.39, 0.29) is 11.9 Å². The standard InChI is InChI=1S/C18H19N5O/c24-18(15-5-7-16(8-6-15)21-11-1-2-12-21)22-13-3-4-17(22)14-23-19-9-10-20-23/h1-2,5-12,17H,3-4,13-14H2. The van der Waals surface area contributed by atoms with Crippen LogP contribution in [0.25, 0.3) is 5.69 Å². The Morgan fingerprint density at radius 1 is 1.08 bits per heavy atom. The van der Waals surface area contributed by atoms with E-state index >= 15 is 0 Å². The molecule has 6 nitrogen and oxygen atoms in total. The molecule has 2 aromatic heterocycles. The van der Waals surface area contributed by atoms with Crippen LogP contribution in [-0.4, -0.2) is 43.0 Å². The van der Waals surface area contributed by atoms with E-state index in [0.29, 0.717) is 6.54 Å². The minimum atomic E-state index is 0.0868. The molecule has 1 unspecified atom stereocenters. The molecule has 1 fully saturated rings. The lowest BCUT2D eigenvalue weighted by atomic mass is 10.1. The third-order valence-corrected chi connectivity index (χ3v) is 4.50. The minimum Gasteiger partial charge on any atom is -0.334 e.